The summed E-state index contributed by atoms with van der Waals surface area (Å²) in [7, 11) is -3.72. The second-order valence-electron chi connectivity index (χ2n) is 12.3. The molecule has 0 N–H and O–H groups in total. The lowest BCUT2D eigenvalue weighted by molar-refractivity contribution is -0.936. The van der Waals surface area contributed by atoms with Crippen LogP contribution in [0.15, 0.2) is 18.2 Å². The van der Waals surface area contributed by atoms with E-state index >= 15 is 0 Å². The molecular weight excluding hydrogens is 414 g/mol. The van der Waals surface area contributed by atoms with Crippen molar-refractivity contribution < 1.29 is 13.3 Å². The molecule has 0 aliphatic heterocycles. The van der Waals surface area contributed by atoms with E-state index in [1.54, 1.807) is 0 Å². The first-order valence-corrected chi connectivity index (χ1v) is 18.0. The fourth-order valence-corrected chi connectivity index (χ4v) is 5.20. The minimum absolute atomic E-state index is 0.171. The first kappa shape index (κ1) is 28.4. The summed E-state index contributed by atoms with van der Waals surface area (Å²) in [5.74, 6) is 1.08. The van der Waals surface area contributed by atoms with Gasteiger partial charge < -0.3 is 13.3 Å². The van der Waals surface area contributed by atoms with Gasteiger partial charge in [-0.25, -0.2) is 0 Å². The van der Waals surface area contributed by atoms with Crippen LogP contribution < -0.4 is 4.43 Å². The summed E-state index contributed by atoms with van der Waals surface area (Å²) < 4.78 is 14.5. The fraction of sp³-hybridized carbons (Fsp3) is 0.769. The average molecular weight is 467 g/mol. The highest BCUT2D eigenvalue weighted by Gasteiger charge is 2.40. The molecule has 0 heterocycles. The molecule has 0 aliphatic rings. The third-order valence-corrected chi connectivity index (χ3v) is 17.0. The molecule has 0 aliphatic carbocycles. The second kappa shape index (κ2) is 10.1. The number of quaternary nitrogens is 1. The van der Waals surface area contributed by atoms with Crippen LogP contribution in [-0.4, -0.2) is 40.8 Å². The van der Waals surface area contributed by atoms with Crippen molar-refractivity contribution in [3.8, 4) is 5.75 Å². The van der Waals surface area contributed by atoms with Crippen molar-refractivity contribution >= 4 is 16.6 Å². The van der Waals surface area contributed by atoms with Crippen molar-refractivity contribution in [2.45, 2.75) is 112 Å². The van der Waals surface area contributed by atoms with E-state index in [4.69, 9.17) is 8.85 Å². The van der Waals surface area contributed by atoms with Gasteiger partial charge in [0.1, 0.15) is 12.3 Å². The van der Waals surface area contributed by atoms with Gasteiger partial charge in [0.25, 0.3) is 0 Å². The van der Waals surface area contributed by atoms with E-state index in [0.29, 0.717) is 6.61 Å². The van der Waals surface area contributed by atoms with Gasteiger partial charge >= 0.3 is 0 Å². The lowest BCUT2D eigenvalue weighted by Crippen LogP contribution is -2.47. The monoisotopic (exact) mass is 466 g/mol. The van der Waals surface area contributed by atoms with Gasteiger partial charge in [-0.05, 0) is 74.7 Å². The molecule has 1 aromatic rings. The molecule has 0 bridgehead atoms. The third-order valence-electron chi connectivity index (χ3n) is 8.23. The topological polar surface area (TPSA) is 18.5 Å². The second-order valence-corrected chi connectivity index (χ2v) is 21.8. The van der Waals surface area contributed by atoms with E-state index < -0.39 is 16.6 Å². The molecule has 1 rings (SSSR count). The molecule has 31 heavy (non-hydrogen) atoms. The molecule has 0 spiro atoms. The Hall–Kier alpha value is -0.626. The van der Waals surface area contributed by atoms with Crippen molar-refractivity contribution in [1.82, 2.24) is 0 Å². The molecule has 0 saturated heterocycles. The molecule has 5 heteroatoms. The van der Waals surface area contributed by atoms with Gasteiger partial charge in [-0.2, -0.15) is 0 Å². The summed E-state index contributed by atoms with van der Waals surface area (Å²) in [6.45, 7) is 35.2. The Balaban J connectivity index is 3.33. The van der Waals surface area contributed by atoms with Crippen molar-refractivity contribution in [2.75, 3.05) is 19.6 Å². The van der Waals surface area contributed by atoms with Crippen molar-refractivity contribution in [1.29, 1.82) is 0 Å². The van der Waals surface area contributed by atoms with Crippen LogP contribution in [0.5, 0.6) is 5.75 Å². The molecule has 0 aromatic heterocycles. The average Bonchev–Trinajstić information content (AvgIpc) is 2.64. The maximum Gasteiger partial charge on any atom is 0.250 e. The van der Waals surface area contributed by atoms with Gasteiger partial charge in [-0.15, -0.1) is 0 Å². The standard InChI is InChI=1S/C26H52NO2Si2/c1-14-27(15-2,16-3)20-23-18-17-22(21-28-30(10,11)25(4,5)6)19-24(23)29-31(12,13)26(7,8)9/h17-19H,14-16,20-21H2,1-13H3/q+1. The smallest absolute Gasteiger partial charge is 0.250 e. The lowest BCUT2D eigenvalue weighted by Gasteiger charge is -2.39. The molecule has 0 amide bonds. The highest BCUT2D eigenvalue weighted by Crippen LogP contribution is 2.40. The highest BCUT2D eigenvalue weighted by atomic mass is 28.4. The maximum absolute atomic E-state index is 6.90. The summed E-state index contributed by atoms with van der Waals surface area (Å²) >= 11 is 0. The number of hydrogen-bond acceptors (Lipinski definition) is 2. The first-order chi connectivity index (χ1) is 13.9. The molecule has 0 fully saturated rings. The zero-order valence-electron chi connectivity index (χ0n) is 23.0. The number of benzene rings is 1. The van der Waals surface area contributed by atoms with Crippen LogP contribution in [-0.2, 0) is 17.6 Å². The van der Waals surface area contributed by atoms with Gasteiger partial charge in [-0.1, -0.05) is 47.6 Å². The molecule has 0 atom stereocenters. The Morgan fingerprint density at radius 1 is 0.774 bits per heavy atom. The Labute approximate surface area is 196 Å². The van der Waals surface area contributed by atoms with Gasteiger partial charge in [0.05, 0.1) is 26.2 Å². The van der Waals surface area contributed by atoms with Crippen molar-refractivity contribution in [3.05, 3.63) is 29.3 Å². The predicted octanol–water partition coefficient (Wildman–Crippen LogP) is 7.97. The lowest BCUT2D eigenvalue weighted by atomic mass is 10.1. The minimum Gasteiger partial charge on any atom is -0.543 e. The van der Waals surface area contributed by atoms with E-state index in [9.17, 15) is 0 Å². The van der Waals surface area contributed by atoms with Crippen LogP contribution in [0.4, 0.5) is 0 Å². The quantitative estimate of drug-likeness (QED) is 0.257. The van der Waals surface area contributed by atoms with Gasteiger partial charge in [0, 0.05) is 5.56 Å². The normalized spacial score (nSPS) is 14.1. The summed E-state index contributed by atoms with van der Waals surface area (Å²) in [5.41, 5.74) is 2.57. The SMILES string of the molecule is CC[N+](CC)(CC)Cc1ccc(CO[Si](C)(C)C(C)(C)C)cc1O[Si](C)(C)C(C)(C)C. The summed E-state index contributed by atoms with van der Waals surface area (Å²) in [6, 6.07) is 6.84. The first-order valence-electron chi connectivity index (χ1n) is 12.2. The largest absolute Gasteiger partial charge is 0.543 e. The van der Waals surface area contributed by atoms with Crippen LogP contribution in [0.2, 0.25) is 36.3 Å². The zero-order chi connectivity index (χ0) is 24.3. The van der Waals surface area contributed by atoms with Gasteiger partial charge in [-0.3, -0.25) is 0 Å². The highest BCUT2D eigenvalue weighted by molar-refractivity contribution is 6.75. The molecule has 180 valence electrons. The minimum atomic E-state index is -1.93. The zero-order valence-corrected chi connectivity index (χ0v) is 25.0. The Morgan fingerprint density at radius 2 is 1.26 bits per heavy atom. The molecule has 0 radical (unpaired) electrons. The van der Waals surface area contributed by atoms with Crippen LogP contribution in [0.3, 0.4) is 0 Å². The molecule has 1 aromatic carbocycles. The van der Waals surface area contributed by atoms with Gasteiger partial charge in [0.2, 0.25) is 8.32 Å². The molecule has 0 unspecified atom stereocenters. The molecule has 3 nitrogen and oxygen atoms in total. The van der Waals surface area contributed by atoms with E-state index in [0.717, 1.165) is 36.4 Å². The predicted molar refractivity (Wildman–Crippen MR) is 142 cm³/mol. The van der Waals surface area contributed by atoms with E-state index in [1.165, 1.54) is 11.1 Å². The molecule has 0 saturated carbocycles. The van der Waals surface area contributed by atoms with E-state index in [1.807, 2.05) is 0 Å². The van der Waals surface area contributed by atoms with E-state index in [-0.39, 0.29) is 10.1 Å². The fourth-order valence-electron chi connectivity index (χ4n) is 3.19. The van der Waals surface area contributed by atoms with Gasteiger partial charge in [0.15, 0.2) is 8.32 Å². The van der Waals surface area contributed by atoms with Crippen LogP contribution in [0, 0.1) is 0 Å². The molecular formula is C26H52NO2Si2+. The van der Waals surface area contributed by atoms with Crippen molar-refractivity contribution in [3.63, 3.8) is 0 Å². The summed E-state index contributed by atoms with van der Waals surface area (Å²) in [4.78, 5) is 0. The summed E-state index contributed by atoms with van der Waals surface area (Å²) in [5, 5.41) is 0.387. The number of rotatable bonds is 10. The Bertz CT molecular complexity index is 703. The maximum atomic E-state index is 6.90. The number of nitrogens with zero attached hydrogens (tertiary/aromatic N) is 1. The summed E-state index contributed by atoms with van der Waals surface area (Å²) in [6.07, 6.45) is 0. The van der Waals surface area contributed by atoms with Crippen LogP contribution >= 0.6 is 0 Å². The number of hydrogen-bond donors (Lipinski definition) is 0. The van der Waals surface area contributed by atoms with Crippen molar-refractivity contribution in [2.24, 2.45) is 0 Å². The van der Waals surface area contributed by atoms with Crippen LogP contribution in [0.25, 0.3) is 0 Å². The Kier molecular flexibility index (Phi) is 9.26. The van der Waals surface area contributed by atoms with E-state index in [2.05, 4.69) is 107 Å². The third kappa shape index (κ3) is 7.18. The Morgan fingerprint density at radius 3 is 1.68 bits per heavy atom. The van der Waals surface area contributed by atoms with Crippen LogP contribution in [0.1, 0.15) is 73.4 Å².